The van der Waals surface area contributed by atoms with Gasteiger partial charge in [0.15, 0.2) is 0 Å². The van der Waals surface area contributed by atoms with E-state index in [4.69, 9.17) is 11.1 Å². The predicted molar refractivity (Wildman–Crippen MR) is 31.8 cm³/mol. The highest BCUT2D eigenvalue weighted by atomic mass is 16.1. The number of amides is 1. The number of carbonyl (C=O) groups excluding carboxylic acids is 1. The zero-order valence-corrected chi connectivity index (χ0v) is 5.06. The fourth-order valence-corrected chi connectivity index (χ4v) is 0.0711. The van der Waals surface area contributed by atoms with Crippen LogP contribution in [-0.2, 0) is 4.79 Å². The Balaban J connectivity index is 4.12. The Morgan fingerprint density at radius 3 is 2.12 bits per heavy atom. The van der Waals surface area contributed by atoms with Crippen molar-refractivity contribution < 1.29 is 4.79 Å². The summed E-state index contributed by atoms with van der Waals surface area (Å²) < 4.78 is 0. The molecular weight excluding hydrogens is 104 g/mol. The van der Waals surface area contributed by atoms with Crippen LogP contribution in [0.5, 0.6) is 0 Å². The molecule has 46 valence electrons. The van der Waals surface area contributed by atoms with Crippen molar-refractivity contribution in [1.29, 1.82) is 5.41 Å². The van der Waals surface area contributed by atoms with Crippen LogP contribution in [0.2, 0.25) is 0 Å². The maximum Gasteiger partial charge on any atom is 0.228 e. The maximum absolute atomic E-state index is 10.3. The molecule has 0 bridgehead atoms. The third kappa shape index (κ3) is 1.33. The molecule has 0 radical (unpaired) electrons. The molecule has 0 aliphatic heterocycles. The fraction of sp³-hybridized carbons (Fsp3) is 0.600. The van der Waals surface area contributed by atoms with Crippen LogP contribution >= 0.6 is 0 Å². The summed E-state index contributed by atoms with van der Waals surface area (Å²) in [7, 11) is 0. The van der Waals surface area contributed by atoms with Crippen LogP contribution in [0.1, 0.15) is 13.8 Å². The SMILES string of the molecule is CC(C)(C=N)C(N)=O. The lowest BCUT2D eigenvalue weighted by Crippen LogP contribution is -2.32. The van der Waals surface area contributed by atoms with Crippen LogP contribution in [-0.4, -0.2) is 12.1 Å². The summed E-state index contributed by atoms with van der Waals surface area (Å²) in [4.78, 5) is 10.3. The van der Waals surface area contributed by atoms with E-state index in [0.29, 0.717) is 0 Å². The molecule has 0 fully saturated rings. The molecule has 0 spiro atoms. The average molecular weight is 114 g/mol. The van der Waals surface area contributed by atoms with Crippen molar-refractivity contribution in [3.8, 4) is 0 Å². The Hall–Kier alpha value is -0.860. The summed E-state index contributed by atoms with van der Waals surface area (Å²) in [5.74, 6) is -0.465. The van der Waals surface area contributed by atoms with Crippen LogP contribution in [0, 0.1) is 10.8 Å². The van der Waals surface area contributed by atoms with Gasteiger partial charge >= 0.3 is 0 Å². The summed E-state index contributed by atoms with van der Waals surface area (Å²) in [5.41, 5.74) is 4.11. The number of primary amides is 1. The van der Waals surface area contributed by atoms with Crippen molar-refractivity contribution in [2.75, 3.05) is 0 Å². The van der Waals surface area contributed by atoms with Crippen molar-refractivity contribution >= 4 is 12.1 Å². The van der Waals surface area contributed by atoms with Crippen LogP contribution < -0.4 is 5.73 Å². The van der Waals surface area contributed by atoms with Gasteiger partial charge in [0.1, 0.15) is 0 Å². The summed E-state index contributed by atoms with van der Waals surface area (Å²) in [6, 6.07) is 0. The largest absolute Gasteiger partial charge is 0.369 e. The first-order chi connectivity index (χ1) is 3.50. The molecule has 3 heteroatoms. The average Bonchev–Trinajstić information content (AvgIpc) is 1.67. The van der Waals surface area contributed by atoms with Gasteiger partial charge in [-0.2, -0.15) is 0 Å². The minimum absolute atomic E-state index is 0.465. The molecule has 0 aromatic rings. The van der Waals surface area contributed by atoms with Crippen molar-refractivity contribution in [1.82, 2.24) is 0 Å². The quantitative estimate of drug-likeness (QED) is 0.493. The van der Waals surface area contributed by atoms with Gasteiger partial charge < -0.3 is 11.1 Å². The van der Waals surface area contributed by atoms with E-state index in [1.807, 2.05) is 0 Å². The minimum Gasteiger partial charge on any atom is -0.369 e. The third-order valence-electron chi connectivity index (χ3n) is 0.996. The van der Waals surface area contributed by atoms with Gasteiger partial charge in [-0.3, -0.25) is 4.79 Å². The smallest absolute Gasteiger partial charge is 0.228 e. The van der Waals surface area contributed by atoms with Gasteiger partial charge in [-0.25, -0.2) is 0 Å². The van der Waals surface area contributed by atoms with Gasteiger partial charge in [0.05, 0.1) is 5.41 Å². The highest BCUT2D eigenvalue weighted by molar-refractivity contribution is 5.95. The Morgan fingerprint density at radius 2 is 2.12 bits per heavy atom. The molecular formula is C5H10N2O. The highest BCUT2D eigenvalue weighted by Crippen LogP contribution is 2.07. The van der Waals surface area contributed by atoms with E-state index in [1.165, 1.54) is 0 Å². The first kappa shape index (κ1) is 7.14. The molecule has 1 amide bonds. The van der Waals surface area contributed by atoms with Crippen molar-refractivity contribution in [3.63, 3.8) is 0 Å². The number of hydrogen-bond acceptors (Lipinski definition) is 2. The van der Waals surface area contributed by atoms with Crippen LogP contribution in [0.15, 0.2) is 0 Å². The molecule has 0 aliphatic carbocycles. The lowest BCUT2D eigenvalue weighted by Gasteiger charge is -2.11. The summed E-state index contributed by atoms with van der Waals surface area (Å²) >= 11 is 0. The second-order valence-corrected chi connectivity index (χ2v) is 2.23. The van der Waals surface area contributed by atoms with E-state index >= 15 is 0 Å². The second kappa shape index (κ2) is 1.94. The first-order valence-electron chi connectivity index (χ1n) is 2.32. The van der Waals surface area contributed by atoms with E-state index in [-0.39, 0.29) is 0 Å². The summed E-state index contributed by atoms with van der Waals surface area (Å²) in [5, 5.41) is 6.71. The van der Waals surface area contributed by atoms with E-state index in [1.54, 1.807) is 13.8 Å². The van der Waals surface area contributed by atoms with Gasteiger partial charge in [0.25, 0.3) is 0 Å². The molecule has 0 saturated heterocycles. The summed E-state index contributed by atoms with van der Waals surface area (Å²) in [6.07, 6.45) is 1.04. The van der Waals surface area contributed by atoms with E-state index in [0.717, 1.165) is 6.21 Å². The maximum atomic E-state index is 10.3. The Labute approximate surface area is 48.4 Å². The van der Waals surface area contributed by atoms with Gasteiger partial charge in [0, 0.05) is 6.21 Å². The highest BCUT2D eigenvalue weighted by Gasteiger charge is 2.20. The van der Waals surface area contributed by atoms with Gasteiger partial charge in [0.2, 0.25) is 5.91 Å². The van der Waals surface area contributed by atoms with Gasteiger partial charge in [-0.05, 0) is 13.8 Å². The molecule has 3 N–H and O–H groups in total. The lowest BCUT2D eigenvalue weighted by atomic mass is 9.95. The normalized spacial score (nSPS) is 10.8. The number of rotatable bonds is 2. The monoisotopic (exact) mass is 114 g/mol. The predicted octanol–water partition coefficient (Wildman–Crippen LogP) is 0.147. The zero-order valence-electron chi connectivity index (χ0n) is 5.06. The summed E-state index contributed by atoms with van der Waals surface area (Å²) in [6.45, 7) is 3.20. The second-order valence-electron chi connectivity index (χ2n) is 2.23. The van der Waals surface area contributed by atoms with Crippen LogP contribution in [0.25, 0.3) is 0 Å². The molecule has 0 aromatic heterocycles. The Morgan fingerprint density at radius 1 is 1.75 bits per heavy atom. The van der Waals surface area contributed by atoms with Crippen molar-refractivity contribution in [2.24, 2.45) is 11.1 Å². The van der Waals surface area contributed by atoms with Crippen molar-refractivity contribution in [3.05, 3.63) is 0 Å². The van der Waals surface area contributed by atoms with Gasteiger partial charge in [-0.1, -0.05) is 0 Å². The molecule has 0 aliphatic rings. The molecule has 0 unspecified atom stereocenters. The molecule has 3 nitrogen and oxygen atoms in total. The number of nitrogens with two attached hydrogens (primary N) is 1. The molecule has 0 saturated carbocycles. The van der Waals surface area contributed by atoms with Crippen LogP contribution in [0.4, 0.5) is 0 Å². The Kier molecular flexibility index (Phi) is 1.73. The molecule has 0 rings (SSSR count). The molecule has 0 atom stereocenters. The fourth-order valence-electron chi connectivity index (χ4n) is 0.0711. The minimum atomic E-state index is -0.778. The van der Waals surface area contributed by atoms with Crippen molar-refractivity contribution in [2.45, 2.75) is 13.8 Å². The zero-order chi connectivity index (χ0) is 6.78. The first-order valence-corrected chi connectivity index (χ1v) is 2.32. The molecule has 0 heterocycles. The standard InChI is InChI=1S/C5H10N2O/c1-5(2,3-6)4(7)8/h3,6H,1-2H3,(H2,7,8). The van der Waals surface area contributed by atoms with Crippen LogP contribution in [0.3, 0.4) is 0 Å². The molecule has 0 aromatic carbocycles. The van der Waals surface area contributed by atoms with Gasteiger partial charge in [-0.15, -0.1) is 0 Å². The van der Waals surface area contributed by atoms with E-state index < -0.39 is 11.3 Å². The topological polar surface area (TPSA) is 66.9 Å². The van der Waals surface area contributed by atoms with E-state index in [9.17, 15) is 4.79 Å². The van der Waals surface area contributed by atoms with E-state index in [2.05, 4.69) is 0 Å². The molecule has 8 heavy (non-hydrogen) atoms. The lowest BCUT2D eigenvalue weighted by molar-refractivity contribution is -0.122. The number of nitrogens with one attached hydrogen (secondary N) is 1. The third-order valence-corrected chi connectivity index (χ3v) is 0.996. The number of hydrogen-bond donors (Lipinski definition) is 2. The Bertz CT molecular complexity index is 118. The number of carbonyl (C=O) groups is 1.